The van der Waals surface area contributed by atoms with Crippen molar-refractivity contribution in [2.75, 3.05) is 26.4 Å². The Bertz CT molecular complexity index is 1140. The Balaban J connectivity index is 1.53. The van der Waals surface area contributed by atoms with E-state index in [-0.39, 0.29) is 0 Å². The molecule has 0 aromatic rings. The zero-order chi connectivity index (χ0) is 37.9. The molecule has 51 heavy (non-hydrogen) atoms. The van der Waals surface area contributed by atoms with E-state index in [0.29, 0.717) is 0 Å². The van der Waals surface area contributed by atoms with Gasteiger partial charge in [-0.25, -0.2) is 0 Å². The number of hydrogen-bond acceptors (Lipinski definition) is 21. The molecular weight excluding hydrogens is 700 g/mol. The highest BCUT2D eigenvalue weighted by molar-refractivity contribution is 5.73. The Kier molecular flexibility index (Phi) is 14.8. The summed E-state index contributed by atoms with van der Waals surface area (Å²) in [6, 6.07) is -2.95. The van der Waals surface area contributed by atoms with Crippen LogP contribution in [0.4, 0.5) is 0 Å². The van der Waals surface area contributed by atoms with Crippen LogP contribution in [0.5, 0.6) is 0 Å². The second kappa shape index (κ2) is 18.0. The number of carbonyl (C=O) groups is 2. The van der Waals surface area contributed by atoms with Gasteiger partial charge in [-0.1, -0.05) is 0 Å². The first-order valence-corrected chi connectivity index (χ1v) is 16.1. The molecule has 0 aromatic carbocycles. The van der Waals surface area contributed by atoms with E-state index < -0.39 is 161 Å². The summed E-state index contributed by atoms with van der Waals surface area (Å²) in [6.07, 6.45) is -31.2. The number of amides is 2. The van der Waals surface area contributed by atoms with Crippen LogP contribution in [0.1, 0.15) is 13.8 Å². The third-order valence-electron chi connectivity index (χ3n) is 8.99. The van der Waals surface area contributed by atoms with Gasteiger partial charge < -0.3 is 105 Å². The van der Waals surface area contributed by atoms with E-state index in [1.807, 2.05) is 0 Å². The second-order valence-electron chi connectivity index (χ2n) is 12.7. The van der Waals surface area contributed by atoms with Crippen molar-refractivity contribution in [3.8, 4) is 0 Å². The summed E-state index contributed by atoms with van der Waals surface area (Å²) in [5.74, 6) is -1.36. The van der Waals surface area contributed by atoms with Gasteiger partial charge in [0.2, 0.25) is 11.8 Å². The van der Waals surface area contributed by atoms with Gasteiger partial charge >= 0.3 is 0 Å². The zero-order valence-electron chi connectivity index (χ0n) is 27.4. The first-order valence-electron chi connectivity index (χ1n) is 16.1. The lowest BCUT2D eigenvalue weighted by molar-refractivity contribution is -0.369. The second-order valence-corrected chi connectivity index (χ2v) is 12.7. The first-order chi connectivity index (χ1) is 24.0. The van der Waals surface area contributed by atoms with Crippen LogP contribution in [-0.2, 0) is 42.7 Å². The molecule has 0 radical (unpaired) electrons. The number of rotatable bonds is 12. The molecule has 296 valence electrons. The number of nitrogens with one attached hydrogen (secondary N) is 2. The van der Waals surface area contributed by atoms with Crippen LogP contribution in [0.25, 0.3) is 0 Å². The van der Waals surface area contributed by atoms with Crippen LogP contribution in [0.3, 0.4) is 0 Å². The van der Waals surface area contributed by atoms with Crippen molar-refractivity contribution in [1.29, 1.82) is 0 Å². The molecule has 4 rings (SSSR count). The van der Waals surface area contributed by atoms with Crippen LogP contribution in [0.15, 0.2) is 0 Å². The van der Waals surface area contributed by atoms with E-state index in [1.54, 1.807) is 0 Å². The van der Waals surface area contributed by atoms with Crippen LogP contribution >= 0.6 is 0 Å². The number of hydrogen-bond donors (Lipinski definition) is 14. The summed E-state index contributed by atoms with van der Waals surface area (Å²) in [4.78, 5) is 23.5. The van der Waals surface area contributed by atoms with Gasteiger partial charge in [0.05, 0.1) is 26.4 Å². The summed E-state index contributed by atoms with van der Waals surface area (Å²) in [7, 11) is 0. The topological polar surface area (TPSA) is 366 Å². The largest absolute Gasteiger partial charge is 0.394 e. The summed E-state index contributed by atoms with van der Waals surface area (Å²) in [5.41, 5.74) is 0. The fourth-order valence-corrected chi connectivity index (χ4v) is 6.23. The molecule has 2 amide bonds. The quantitative estimate of drug-likeness (QED) is 0.0881. The maximum Gasteiger partial charge on any atom is 0.217 e. The minimum Gasteiger partial charge on any atom is -0.394 e. The third-order valence-corrected chi connectivity index (χ3v) is 8.99. The maximum atomic E-state index is 11.9. The number of carbonyl (C=O) groups excluding carboxylic acids is 2. The predicted octanol–water partition coefficient (Wildman–Crippen LogP) is -9.46. The average Bonchev–Trinajstić information content (AvgIpc) is 3.09. The van der Waals surface area contributed by atoms with Gasteiger partial charge in [0.25, 0.3) is 0 Å². The summed E-state index contributed by atoms with van der Waals surface area (Å²) in [5, 5.41) is 129. The van der Waals surface area contributed by atoms with E-state index in [1.165, 1.54) is 0 Å². The molecule has 0 spiro atoms. The normalized spacial score (nSPS) is 47.8. The highest BCUT2D eigenvalue weighted by Gasteiger charge is 2.54. The molecule has 14 N–H and O–H groups in total. The molecule has 0 saturated carbocycles. The van der Waals surface area contributed by atoms with E-state index in [9.17, 15) is 70.9 Å². The highest BCUT2D eigenvalue weighted by atomic mass is 16.8. The van der Waals surface area contributed by atoms with E-state index >= 15 is 0 Å². The Labute approximate surface area is 289 Å². The minimum atomic E-state index is -1.99. The van der Waals surface area contributed by atoms with Crippen molar-refractivity contribution in [3.05, 3.63) is 0 Å². The SMILES string of the molecule is CC(=O)N[C@@H]1[C@@H](O)[C@H](O[C@@H]2O[C@H](CO[C@H]3O[C@H](CO)[C@@H](O)[C@H](O)[C@@H]3O[C@@H]3O[C@H](CO)[C@@H](O)[C@H](O)[C@H]3NC(C)=O)[C@@H](O)[C@H](O)[C@@H]2O)[C@@H](CO)O[C@H]1O. The molecule has 4 aliphatic heterocycles. The molecule has 0 unspecified atom stereocenters. The van der Waals surface area contributed by atoms with Crippen molar-refractivity contribution in [1.82, 2.24) is 10.6 Å². The summed E-state index contributed by atoms with van der Waals surface area (Å²) < 4.78 is 39.2. The van der Waals surface area contributed by atoms with Crippen molar-refractivity contribution in [3.63, 3.8) is 0 Å². The first kappa shape index (κ1) is 41.9. The van der Waals surface area contributed by atoms with Crippen LogP contribution in [-0.4, -0.2) is 222 Å². The molecule has 4 heterocycles. The molecule has 20 atom stereocenters. The molecule has 23 nitrogen and oxygen atoms in total. The van der Waals surface area contributed by atoms with Crippen molar-refractivity contribution >= 4 is 11.8 Å². The monoisotopic (exact) mass is 748 g/mol. The van der Waals surface area contributed by atoms with Crippen molar-refractivity contribution < 1.29 is 104 Å². The third kappa shape index (κ3) is 9.29. The smallest absolute Gasteiger partial charge is 0.217 e. The molecule has 4 saturated heterocycles. The lowest BCUT2D eigenvalue weighted by atomic mass is 9.95. The van der Waals surface area contributed by atoms with Gasteiger partial charge in [-0.15, -0.1) is 0 Å². The Morgan fingerprint density at radius 3 is 1.57 bits per heavy atom. The molecular formula is C28H48N2O21. The summed E-state index contributed by atoms with van der Waals surface area (Å²) in [6.45, 7) is -1.06. The molecule has 0 aliphatic carbocycles. The molecule has 0 aromatic heterocycles. The summed E-state index contributed by atoms with van der Waals surface area (Å²) >= 11 is 0. The fourth-order valence-electron chi connectivity index (χ4n) is 6.23. The van der Waals surface area contributed by atoms with E-state index in [4.69, 9.17) is 33.2 Å². The van der Waals surface area contributed by atoms with Crippen LogP contribution in [0, 0.1) is 0 Å². The minimum absolute atomic E-state index is 0.663. The van der Waals surface area contributed by atoms with Gasteiger partial charge in [-0.3, -0.25) is 9.59 Å². The number of ether oxygens (including phenoxy) is 7. The van der Waals surface area contributed by atoms with E-state index in [0.717, 1.165) is 13.8 Å². The average molecular weight is 749 g/mol. The zero-order valence-corrected chi connectivity index (χ0v) is 27.4. The maximum absolute atomic E-state index is 11.9. The Morgan fingerprint density at radius 2 is 1.00 bits per heavy atom. The van der Waals surface area contributed by atoms with Crippen LogP contribution < -0.4 is 10.6 Å². The van der Waals surface area contributed by atoms with Crippen LogP contribution in [0.2, 0.25) is 0 Å². The molecule has 4 aliphatic rings. The van der Waals surface area contributed by atoms with Gasteiger partial charge in [0.15, 0.2) is 25.2 Å². The number of aliphatic hydroxyl groups excluding tert-OH is 12. The standard InChI is InChI=1S/C28H48N2O21/c1-7(34)29-13-19(40)23(11(5-33)46-25(13)44)50-27-22(43)20(41)17(38)12(49-27)6-45-28-24(21(42)16(37)10(4-32)48-28)51-26-14(30-8(2)35)18(39)15(36)9(3-31)47-26/h9-28,31-33,36-44H,3-6H2,1-2H3,(H,29,34)(H,30,35)/t9-,10-,11-,12-,13-,14-,15-,16-,17-,18-,19-,20+,21+,22+,23-,24+,25-,26+,27+,28+/m1/s1. The Hall–Kier alpha value is -1.82. The molecule has 0 bridgehead atoms. The van der Waals surface area contributed by atoms with E-state index in [2.05, 4.69) is 10.6 Å². The highest BCUT2D eigenvalue weighted by Crippen LogP contribution is 2.32. The van der Waals surface area contributed by atoms with Crippen molar-refractivity contribution in [2.24, 2.45) is 0 Å². The van der Waals surface area contributed by atoms with Gasteiger partial charge in [0.1, 0.15) is 97.5 Å². The van der Waals surface area contributed by atoms with Crippen molar-refractivity contribution in [2.45, 2.75) is 137 Å². The Morgan fingerprint density at radius 1 is 0.510 bits per heavy atom. The lowest BCUT2D eigenvalue weighted by Gasteiger charge is -2.48. The van der Waals surface area contributed by atoms with Gasteiger partial charge in [0, 0.05) is 13.8 Å². The van der Waals surface area contributed by atoms with Gasteiger partial charge in [-0.2, -0.15) is 0 Å². The fraction of sp³-hybridized carbons (Fsp3) is 0.929. The lowest BCUT2D eigenvalue weighted by Crippen LogP contribution is -2.68. The van der Waals surface area contributed by atoms with Gasteiger partial charge in [-0.05, 0) is 0 Å². The molecule has 23 heteroatoms. The number of aliphatic hydroxyl groups is 12. The predicted molar refractivity (Wildman–Crippen MR) is 157 cm³/mol. The molecule has 4 fully saturated rings.